The molecule has 6 heteroatoms. The Morgan fingerprint density at radius 1 is 0.926 bits per heavy atom. The van der Waals surface area contributed by atoms with Gasteiger partial charge in [-0.15, -0.1) is 0 Å². The zero-order valence-electron chi connectivity index (χ0n) is 15.3. The quantitative estimate of drug-likeness (QED) is 0.762. The lowest BCUT2D eigenvalue weighted by atomic mass is 10.1. The first-order chi connectivity index (χ1) is 13.1. The molecule has 1 fully saturated rings. The van der Waals surface area contributed by atoms with Crippen LogP contribution in [0.5, 0.6) is 0 Å². The van der Waals surface area contributed by atoms with Crippen molar-refractivity contribution in [2.75, 3.05) is 26.2 Å². The number of amides is 2. The van der Waals surface area contributed by atoms with Crippen molar-refractivity contribution >= 4 is 22.8 Å². The first-order valence-corrected chi connectivity index (χ1v) is 9.20. The predicted octanol–water partition coefficient (Wildman–Crippen LogP) is 2.86. The zero-order valence-corrected chi connectivity index (χ0v) is 15.3. The number of hydrogen-bond donors (Lipinski definition) is 1. The molecule has 1 aliphatic rings. The highest BCUT2D eigenvalue weighted by atomic mass is 16.2. The zero-order chi connectivity index (χ0) is 18.8. The molecule has 1 saturated heterocycles. The monoisotopic (exact) mass is 362 g/mol. The van der Waals surface area contributed by atoms with Gasteiger partial charge in [0.1, 0.15) is 0 Å². The van der Waals surface area contributed by atoms with E-state index >= 15 is 0 Å². The van der Waals surface area contributed by atoms with Crippen LogP contribution in [-0.2, 0) is 0 Å². The van der Waals surface area contributed by atoms with Crippen LogP contribution in [0.3, 0.4) is 0 Å². The van der Waals surface area contributed by atoms with E-state index in [9.17, 15) is 9.59 Å². The van der Waals surface area contributed by atoms with Gasteiger partial charge in [0.25, 0.3) is 11.8 Å². The Bertz CT molecular complexity index is 995. The van der Waals surface area contributed by atoms with Crippen LogP contribution < -0.4 is 0 Å². The number of benzene rings is 2. The van der Waals surface area contributed by atoms with Gasteiger partial charge < -0.3 is 14.8 Å². The largest absolute Gasteiger partial charge is 0.345 e. The molecule has 0 spiro atoms. The SMILES string of the molecule is Cc1cccc(C(=O)N2CCCN(C(=O)c3ccc4nc[nH]c4c3)CC2)c1. The Kier molecular flexibility index (Phi) is 4.62. The van der Waals surface area contributed by atoms with Gasteiger partial charge in [0, 0.05) is 37.3 Å². The number of H-pyrrole nitrogens is 1. The lowest BCUT2D eigenvalue weighted by molar-refractivity contribution is 0.0719. The fourth-order valence-electron chi connectivity index (χ4n) is 3.54. The number of aromatic amines is 1. The summed E-state index contributed by atoms with van der Waals surface area (Å²) in [5.41, 5.74) is 4.12. The molecule has 3 aromatic rings. The van der Waals surface area contributed by atoms with Crippen molar-refractivity contribution in [2.24, 2.45) is 0 Å². The van der Waals surface area contributed by atoms with Crippen LogP contribution in [0.4, 0.5) is 0 Å². The van der Waals surface area contributed by atoms with Crippen molar-refractivity contribution in [1.82, 2.24) is 19.8 Å². The summed E-state index contributed by atoms with van der Waals surface area (Å²) >= 11 is 0. The van der Waals surface area contributed by atoms with Gasteiger partial charge in [-0.1, -0.05) is 17.7 Å². The average molecular weight is 362 g/mol. The van der Waals surface area contributed by atoms with E-state index in [1.807, 2.05) is 59.2 Å². The van der Waals surface area contributed by atoms with E-state index in [0.717, 1.165) is 23.0 Å². The van der Waals surface area contributed by atoms with Crippen LogP contribution in [0.25, 0.3) is 11.0 Å². The molecule has 27 heavy (non-hydrogen) atoms. The Hall–Kier alpha value is -3.15. The highest BCUT2D eigenvalue weighted by Crippen LogP contribution is 2.16. The summed E-state index contributed by atoms with van der Waals surface area (Å²) in [7, 11) is 0. The molecule has 2 aromatic carbocycles. The third-order valence-electron chi connectivity index (χ3n) is 5.00. The summed E-state index contributed by atoms with van der Waals surface area (Å²) in [5, 5.41) is 0. The van der Waals surface area contributed by atoms with Crippen molar-refractivity contribution in [3.63, 3.8) is 0 Å². The van der Waals surface area contributed by atoms with Gasteiger partial charge in [0.2, 0.25) is 0 Å². The summed E-state index contributed by atoms with van der Waals surface area (Å²) in [4.78, 5) is 36.6. The van der Waals surface area contributed by atoms with Gasteiger partial charge in [-0.25, -0.2) is 4.98 Å². The molecule has 0 aliphatic carbocycles. The highest BCUT2D eigenvalue weighted by molar-refractivity contribution is 5.97. The topological polar surface area (TPSA) is 69.3 Å². The van der Waals surface area contributed by atoms with E-state index in [4.69, 9.17) is 0 Å². The molecule has 1 aliphatic heterocycles. The molecule has 2 heterocycles. The van der Waals surface area contributed by atoms with Crippen molar-refractivity contribution in [1.29, 1.82) is 0 Å². The first kappa shape index (κ1) is 17.3. The fourth-order valence-corrected chi connectivity index (χ4v) is 3.54. The fraction of sp³-hybridized carbons (Fsp3) is 0.286. The number of aromatic nitrogens is 2. The Morgan fingerprint density at radius 2 is 1.63 bits per heavy atom. The minimum atomic E-state index is -0.00338. The third-order valence-corrected chi connectivity index (χ3v) is 5.00. The summed E-state index contributed by atoms with van der Waals surface area (Å²) in [6.07, 6.45) is 2.40. The smallest absolute Gasteiger partial charge is 0.253 e. The number of nitrogens with zero attached hydrogens (tertiary/aromatic N) is 3. The van der Waals surface area contributed by atoms with E-state index in [2.05, 4.69) is 9.97 Å². The normalized spacial score (nSPS) is 15.0. The highest BCUT2D eigenvalue weighted by Gasteiger charge is 2.23. The lowest BCUT2D eigenvalue weighted by Gasteiger charge is -2.22. The second-order valence-electron chi connectivity index (χ2n) is 6.94. The summed E-state index contributed by atoms with van der Waals surface area (Å²) in [6, 6.07) is 13.2. The van der Waals surface area contributed by atoms with Crippen LogP contribution in [0.2, 0.25) is 0 Å². The number of imidazole rings is 1. The number of hydrogen-bond acceptors (Lipinski definition) is 3. The maximum atomic E-state index is 12.9. The number of carbonyl (C=O) groups is 2. The third kappa shape index (κ3) is 3.56. The molecule has 1 aromatic heterocycles. The second-order valence-corrected chi connectivity index (χ2v) is 6.94. The van der Waals surface area contributed by atoms with Gasteiger partial charge in [0.05, 0.1) is 17.4 Å². The second kappa shape index (κ2) is 7.23. The van der Waals surface area contributed by atoms with Gasteiger partial charge in [-0.05, 0) is 43.7 Å². The van der Waals surface area contributed by atoms with Crippen molar-refractivity contribution in [3.8, 4) is 0 Å². The van der Waals surface area contributed by atoms with E-state index in [1.165, 1.54) is 0 Å². The minimum absolute atomic E-state index is 0.00338. The predicted molar refractivity (Wildman–Crippen MR) is 104 cm³/mol. The summed E-state index contributed by atoms with van der Waals surface area (Å²) in [6.45, 7) is 4.38. The molecule has 0 unspecified atom stereocenters. The van der Waals surface area contributed by atoms with Crippen LogP contribution in [0.1, 0.15) is 32.7 Å². The van der Waals surface area contributed by atoms with Gasteiger partial charge in [-0.3, -0.25) is 9.59 Å². The van der Waals surface area contributed by atoms with E-state index in [1.54, 1.807) is 6.33 Å². The molecule has 0 saturated carbocycles. The Labute approximate surface area is 157 Å². The maximum Gasteiger partial charge on any atom is 0.253 e. The standard InChI is InChI=1S/C21H22N4O2/c1-15-4-2-5-16(12-15)20(26)24-8-3-9-25(11-10-24)21(27)17-6-7-18-19(13-17)23-14-22-18/h2,4-7,12-14H,3,8-11H2,1H3,(H,22,23). The van der Waals surface area contributed by atoms with Crippen LogP contribution in [-0.4, -0.2) is 57.8 Å². The van der Waals surface area contributed by atoms with Crippen molar-refractivity contribution in [2.45, 2.75) is 13.3 Å². The Morgan fingerprint density at radius 3 is 2.33 bits per heavy atom. The first-order valence-electron chi connectivity index (χ1n) is 9.20. The number of carbonyl (C=O) groups excluding carboxylic acids is 2. The van der Waals surface area contributed by atoms with Crippen LogP contribution >= 0.6 is 0 Å². The number of fused-ring (bicyclic) bond motifs is 1. The molecular weight excluding hydrogens is 340 g/mol. The lowest BCUT2D eigenvalue weighted by Crippen LogP contribution is -2.37. The molecule has 0 radical (unpaired) electrons. The van der Waals surface area contributed by atoms with Crippen molar-refractivity contribution in [3.05, 3.63) is 65.5 Å². The molecule has 6 nitrogen and oxygen atoms in total. The minimum Gasteiger partial charge on any atom is -0.345 e. The summed E-state index contributed by atoms with van der Waals surface area (Å²) < 4.78 is 0. The van der Waals surface area contributed by atoms with Gasteiger partial charge in [0.15, 0.2) is 0 Å². The number of aryl methyl sites for hydroxylation is 1. The van der Waals surface area contributed by atoms with E-state index in [0.29, 0.717) is 37.3 Å². The van der Waals surface area contributed by atoms with Crippen LogP contribution in [0, 0.1) is 6.92 Å². The summed E-state index contributed by atoms with van der Waals surface area (Å²) in [5.74, 6) is 0.0308. The molecule has 4 rings (SSSR count). The molecular formula is C21H22N4O2. The van der Waals surface area contributed by atoms with Crippen LogP contribution in [0.15, 0.2) is 48.8 Å². The molecule has 0 atom stereocenters. The van der Waals surface area contributed by atoms with E-state index < -0.39 is 0 Å². The molecule has 138 valence electrons. The maximum absolute atomic E-state index is 12.9. The van der Waals surface area contributed by atoms with Crippen molar-refractivity contribution < 1.29 is 9.59 Å². The van der Waals surface area contributed by atoms with E-state index in [-0.39, 0.29) is 11.8 Å². The Balaban J connectivity index is 1.46. The molecule has 2 amide bonds. The average Bonchev–Trinajstić information content (AvgIpc) is 3.01. The number of rotatable bonds is 2. The molecule has 1 N–H and O–H groups in total. The van der Waals surface area contributed by atoms with Gasteiger partial charge >= 0.3 is 0 Å². The van der Waals surface area contributed by atoms with Gasteiger partial charge in [-0.2, -0.15) is 0 Å². The number of nitrogens with one attached hydrogen (secondary N) is 1. The molecule has 0 bridgehead atoms.